The van der Waals surface area contributed by atoms with Crippen LogP contribution in [0.4, 0.5) is 5.69 Å². The van der Waals surface area contributed by atoms with Gasteiger partial charge in [0.1, 0.15) is 11.5 Å². The molecule has 0 unspecified atom stereocenters. The number of nitrogens with one attached hydrogen (secondary N) is 1. The number of thioether (sulfide) groups is 1. The fourth-order valence-electron chi connectivity index (χ4n) is 3.30. The zero-order valence-electron chi connectivity index (χ0n) is 18.7. The van der Waals surface area contributed by atoms with Crippen LogP contribution in [0.1, 0.15) is 6.92 Å². The van der Waals surface area contributed by atoms with Gasteiger partial charge >= 0.3 is 0 Å². The van der Waals surface area contributed by atoms with Gasteiger partial charge in [0.15, 0.2) is 11.0 Å². The number of halogens is 1. The van der Waals surface area contributed by atoms with Crippen LogP contribution < -0.4 is 14.8 Å². The molecule has 0 saturated carbocycles. The molecule has 4 aromatic rings. The summed E-state index contributed by atoms with van der Waals surface area (Å²) in [5.41, 5.74) is 2.24. The molecule has 0 aliphatic heterocycles. The molecule has 4 rings (SSSR count). The normalized spacial score (nSPS) is 10.7. The molecule has 1 heterocycles. The molecule has 1 aromatic heterocycles. The molecule has 0 aliphatic rings. The van der Waals surface area contributed by atoms with Gasteiger partial charge in [-0.15, -0.1) is 10.2 Å². The Balaban J connectivity index is 1.60. The van der Waals surface area contributed by atoms with Crippen molar-refractivity contribution in [3.63, 3.8) is 0 Å². The van der Waals surface area contributed by atoms with Gasteiger partial charge in [-0.05, 0) is 55.5 Å². The van der Waals surface area contributed by atoms with Gasteiger partial charge in [-0.1, -0.05) is 41.6 Å². The van der Waals surface area contributed by atoms with E-state index in [1.807, 2.05) is 78.2 Å². The van der Waals surface area contributed by atoms with Crippen LogP contribution in [-0.4, -0.2) is 40.1 Å². The number of methoxy groups -OCH3 is 1. The minimum absolute atomic E-state index is 0.148. The fourth-order valence-corrected chi connectivity index (χ4v) is 4.27. The van der Waals surface area contributed by atoms with Gasteiger partial charge in [0.25, 0.3) is 0 Å². The van der Waals surface area contributed by atoms with Crippen LogP contribution >= 0.6 is 23.4 Å². The number of benzene rings is 3. The smallest absolute Gasteiger partial charge is 0.234 e. The standard InChI is InChI=1S/C25H23ClN4O3S/c1-3-33-19-13-11-18(12-14-19)30-24(21-9-4-5-10-22(21)26)28-29-25(30)34-16-23(31)27-17-7-6-8-20(15-17)32-2/h4-15H,3,16H2,1-2H3,(H,27,31). The molecule has 34 heavy (non-hydrogen) atoms. The number of rotatable bonds is 9. The first-order valence-electron chi connectivity index (χ1n) is 10.6. The number of amides is 1. The molecule has 7 nitrogen and oxygen atoms in total. The summed E-state index contributed by atoms with van der Waals surface area (Å²) in [4.78, 5) is 12.6. The van der Waals surface area contributed by atoms with Crippen molar-refractivity contribution in [1.29, 1.82) is 0 Å². The molecule has 3 aromatic carbocycles. The SMILES string of the molecule is CCOc1ccc(-n2c(SCC(=O)Nc3cccc(OC)c3)nnc2-c2ccccc2Cl)cc1. The lowest BCUT2D eigenvalue weighted by atomic mass is 10.2. The Morgan fingerprint density at radius 2 is 1.82 bits per heavy atom. The van der Waals surface area contributed by atoms with E-state index in [2.05, 4.69) is 15.5 Å². The Kier molecular flexibility index (Phi) is 7.72. The van der Waals surface area contributed by atoms with Crippen molar-refractivity contribution in [2.24, 2.45) is 0 Å². The molecule has 0 aliphatic carbocycles. The van der Waals surface area contributed by atoms with Crippen molar-refractivity contribution in [3.8, 4) is 28.6 Å². The van der Waals surface area contributed by atoms with E-state index < -0.39 is 0 Å². The quantitative estimate of drug-likeness (QED) is 0.299. The molecule has 0 fully saturated rings. The summed E-state index contributed by atoms with van der Waals surface area (Å²) in [6.45, 7) is 2.52. The lowest BCUT2D eigenvalue weighted by Gasteiger charge is -2.12. The number of carbonyl (C=O) groups is 1. The van der Waals surface area contributed by atoms with Crippen LogP contribution in [-0.2, 0) is 4.79 Å². The van der Waals surface area contributed by atoms with Crippen LogP contribution in [0.3, 0.4) is 0 Å². The van der Waals surface area contributed by atoms with Gasteiger partial charge in [-0.2, -0.15) is 0 Å². The van der Waals surface area contributed by atoms with E-state index in [1.165, 1.54) is 11.8 Å². The van der Waals surface area contributed by atoms with Crippen LogP contribution in [0.5, 0.6) is 11.5 Å². The molecule has 9 heteroatoms. The second kappa shape index (κ2) is 11.1. The predicted octanol–water partition coefficient (Wildman–Crippen LogP) is 5.73. The predicted molar refractivity (Wildman–Crippen MR) is 135 cm³/mol. The first-order chi connectivity index (χ1) is 16.6. The van der Waals surface area contributed by atoms with Gasteiger partial charge in [-0.3, -0.25) is 9.36 Å². The van der Waals surface area contributed by atoms with E-state index in [0.717, 1.165) is 17.0 Å². The number of hydrogen-bond donors (Lipinski definition) is 1. The minimum atomic E-state index is -0.168. The van der Waals surface area contributed by atoms with Crippen LogP contribution in [0.25, 0.3) is 17.1 Å². The van der Waals surface area contributed by atoms with E-state index in [-0.39, 0.29) is 11.7 Å². The van der Waals surface area contributed by atoms with Crippen molar-refractivity contribution in [1.82, 2.24) is 14.8 Å². The van der Waals surface area contributed by atoms with E-state index in [4.69, 9.17) is 21.1 Å². The highest BCUT2D eigenvalue weighted by Gasteiger charge is 2.19. The Hall–Kier alpha value is -3.49. The first kappa shape index (κ1) is 23.7. The monoisotopic (exact) mass is 494 g/mol. The maximum atomic E-state index is 12.6. The van der Waals surface area contributed by atoms with Crippen LogP contribution in [0, 0.1) is 0 Å². The van der Waals surface area contributed by atoms with Crippen molar-refractivity contribution in [3.05, 3.63) is 77.8 Å². The maximum absolute atomic E-state index is 12.6. The highest BCUT2D eigenvalue weighted by Crippen LogP contribution is 2.32. The van der Waals surface area contributed by atoms with E-state index in [9.17, 15) is 4.79 Å². The zero-order chi connectivity index (χ0) is 23.9. The molecule has 174 valence electrons. The molecular weight excluding hydrogens is 472 g/mol. The molecule has 0 atom stereocenters. The van der Waals surface area contributed by atoms with E-state index in [1.54, 1.807) is 13.2 Å². The Bertz CT molecular complexity index is 1280. The summed E-state index contributed by atoms with van der Waals surface area (Å²) in [6.07, 6.45) is 0. The van der Waals surface area contributed by atoms with Gasteiger partial charge in [0.2, 0.25) is 5.91 Å². The molecule has 0 radical (unpaired) electrons. The Morgan fingerprint density at radius 1 is 1.03 bits per heavy atom. The lowest BCUT2D eigenvalue weighted by molar-refractivity contribution is -0.113. The van der Waals surface area contributed by atoms with Crippen molar-refractivity contribution in [2.45, 2.75) is 12.1 Å². The number of carbonyl (C=O) groups excluding carboxylic acids is 1. The largest absolute Gasteiger partial charge is 0.497 e. The van der Waals surface area contributed by atoms with Crippen molar-refractivity contribution >= 4 is 35.0 Å². The average Bonchev–Trinajstić information content (AvgIpc) is 3.27. The molecule has 0 bridgehead atoms. The lowest BCUT2D eigenvalue weighted by Crippen LogP contribution is -2.14. The summed E-state index contributed by atoms with van der Waals surface area (Å²) in [7, 11) is 1.58. The van der Waals surface area contributed by atoms with E-state index >= 15 is 0 Å². The summed E-state index contributed by atoms with van der Waals surface area (Å²) in [5.74, 6) is 2.01. The molecule has 1 N–H and O–H groups in total. The van der Waals surface area contributed by atoms with Crippen molar-refractivity contribution in [2.75, 3.05) is 24.8 Å². The average molecular weight is 495 g/mol. The summed E-state index contributed by atoms with van der Waals surface area (Å²) >= 11 is 7.74. The highest BCUT2D eigenvalue weighted by atomic mass is 35.5. The summed E-state index contributed by atoms with van der Waals surface area (Å²) in [5, 5.41) is 12.8. The van der Waals surface area contributed by atoms with Crippen LogP contribution in [0.15, 0.2) is 78.0 Å². The molecule has 1 amide bonds. The van der Waals surface area contributed by atoms with Gasteiger partial charge in [0.05, 0.1) is 24.5 Å². The zero-order valence-corrected chi connectivity index (χ0v) is 20.3. The number of aromatic nitrogens is 3. The van der Waals surface area contributed by atoms with Gasteiger partial charge in [-0.25, -0.2) is 0 Å². The Labute approximate surface area is 207 Å². The third-order valence-electron chi connectivity index (χ3n) is 4.84. The minimum Gasteiger partial charge on any atom is -0.497 e. The van der Waals surface area contributed by atoms with Gasteiger partial charge in [0, 0.05) is 23.0 Å². The third kappa shape index (κ3) is 5.52. The maximum Gasteiger partial charge on any atom is 0.234 e. The number of ether oxygens (including phenoxy) is 2. The summed E-state index contributed by atoms with van der Waals surface area (Å²) in [6, 6.07) is 22.3. The van der Waals surface area contributed by atoms with Crippen LogP contribution in [0.2, 0.25) is 5.02 Å². The first-order valence-corrected chi connectivity index (χ1v) is 12.0. The molecule has 0 saturated heterocycles. The van der Waals surface area contributed by atoms with Crippen molar-refractivity contribution < 1.29 is 14.3 Å². The molecular formula is C25H23ClN4O3S. The topological polar surface area (TPSA) is 78.3 Å². The Morgan fingerprint density at radius 3 is 2.56 bits per heavy atom. The second-order valence-corrected chi connectivity index (χ2v) is 8.47. The number of anilines is 1. The third-order valence-corrected chi connectivity index (χ3v) is 6.10. The number of nitrogens with zero attached hydrogens (tertiary/aromatic N) is 3. The number of hydrogen-bond acceptors (Lipinski definition) is 6. The molecule has 0 spiro atoms. The second-order valence-electron chi connectivity index (χ2n) is 7.12. The highest BCUT2D eigenvalue weighted by molar-refractivity contribution is 7.99. The van der Waals surface area contributed by atoms with Gasteiger partial charge < -0.3 is 14.8 Å². The summed E-state index contributed by atoms with van der Waals surface area (Å²) < 4.78 is 12.7. The fraction of sp³-hybridized carbons (Fsp3) is 0.160. The van der Waals surface area contributed by atoms with E-state index in [0.29, 0.717) is 34.0 Å².